The molecule has 1 aromatic heterocycles. The molecule has 1 saturated carbocycles. The van der Waals surface area contributed by atoms with Gasteiger partial charge in [-0.15, -0.1) is 0 Å². The highest BCUT2D eigenvalue weighted by molar-refractivity contribution is 5.83. The minimum absolute atomic E-state index is 0.201. The molecule has 4 heteroatoms. The maximum Gasteiger partial charge on any atom is 0.153 e. The van der Waals surface area contributed by atoms with E-state index in [0.29, 0.717) is 23.1 Å². The Bertz CT molecular complexity index is 1380. The van der Waals surface area contributed by atoms with Gasteiger partial charge in [0, 0.05) is 22.7 Å². The summed E-state index contributed by atoms with van der Waals surface area (Å²) in [5.41, 5.74) is 5.02. The summed E-state index contributed by atoms with van der Waals surface area (Å²) in [6, 6.07) is 20.0. The molecule has 2 unspecified atom stereocenters. The van der Waals surface area contributed by atoms with Crippen molar-refractivity contribution in [3.05, 3.63) is 101 Å². The fourth-order valence-electron chi connectivity index (χ4n) is 6.07. The van der Waals surface area contributed by atoms with E-state index in [1.807, 2.05) is 42.5 Å². The van der Waals surface area contributed by atoms with Crippen molar-refractivity contribution in [2.45, 2.75) is 63.1 Å². The SMILES string of the molecule is OC1CCCc2nc(C3CCCC3)c(C(F)c3ccc4ccccc4c3)c(-c3ccc(F)cc3)c21. The van der Waals surface area contributed by atoms with Crippen LogP contribution in [0.15, 0.2) is 66.7 Å². The Balaban J connectivity index is 1.63. The number of alkyl halides is 1. The molecular formula is C31H29F2NO. The van der Waals surface area contributed by atoms with Gasteiger partial charge in [0.1, 0.15) is 5.82 Å². The van der Waals surface area contributed by atoms with Crippen LogP contribution in [0.25, 0.3) is 21.9 Å². The van der Waals surface area contributed by atoms with Crippen molar-refractivity contribution in [2.24, 2.45) is 0 Å². The third-order valence-corrected chi connectivity index (χ3v) is 7.80. The van der Waals surface area contributed by atoms with Crippen LogP contribution in [-0.4, -0.2) is 10.1 Å². The highest BCUT2D eigenvalue weighted by Crippen LogP contribution is 2.48. The molecular weight excluding hydrogens is 440 g/mol. The second-order valence-corrected chi connectivity index (χ2v) is 10.0. The number of aryl methyl sites for hydroxylation is 1. The molecule has 6 rings (SSSR count). The number of benzene rings is 3. The Labute approximate surface area is 204 Å². The van der Waals surface area contributed by atoms with E-state index in [0.717, 1.165) is 71.8 Å². The lowest BCUT2D eigenvalue weighted by Gasteiger charge is -2.30. The molecule has 3 aromatic carbocycles. The summed E-state index contributed by atoms with van der Waals surface area (Å²) < 4.78 is 30.7. The van der Waals surface area contributed by atoms with E-state index < -0.39 is 12.3 Å². The molecule has 2 atom stereocenters. The molecule has 0 amide bonds. The number of pyridine rings is 1. The Morgan fingerprint density at radius 1 is 0.857 bits per heavy atom. The number of rotatable bonds is 4. The first-order valence-electron chi connectivity index (χ1n) is 12.7. The molecule has 2 aliphatic carbocycles. The number of aromatic nitrogens is 1. The predicted octanol–water partition coefficient (Wildman–Crippen LogP) is 8.13. The highest BCUT2D eigenvalue weighted by atomic mass is 19.1. The van der Waals surface area contributed by atoms with E-state index in [-0.39, 0.29) is 11.7 Å². The molecule has 1 fully saturated rings. The van der Waals surface area contributed by atoms with Gasteiger partial charge in [-0.2, -0.15) is 0 Å². The number of fused-ring (bicyclic) bond motifs is 2. The zero-order chi connectivity index (χ0) is 23.9. The molecule has 178 valence electrons. The van der Waals surface area contributed by atoms with E-state index in [1.54, 1.807) is 12.1 Å². The van der Waals surface area contributed by atoms with Crippen LogP contribution in [0.3, 0.4) is 0 Å². The van der Waals surface area contributed by atoms with Gasteiger partial charge in [-0.3, -0.25) is 4.98 Å². The summed E-state index contributed by atoms with van der Waals surface area (Å²) in [7, 11) is 0. The van der Waals surface area contributed by atoms with Crippen molar-refractivity contribution in [3.63, 3.8) is 0 Å². The zero-order valence-electron chi connectivity index (χ0n) is 19.7. The lowest BCUT2D eigenvalue weighted by molar-refractivity contribution is 0.155. The van der Waals surface area contributed by atoms with E-state index in [4.69, 9.17) is 4.98 Å². The summed E-state index contributed by atoms with van der Waals surface area (Å²) in [5, 5.41) is 13.2. The molecule has 0 aliphatic heterocycles. The van der Waals surface area contributed by atoms with Crippen molar-refractivity contribution in [3.8, 4) is 11.1 Å². The van der Waals surface area contributed by atoms with Gasteiger partial charge in [-0.25, -0.2) is 8.78 Å². The average Bonchev–Trinajstić information content (AvgIpc) is 3.43. The predicted molar refractivity (Wildman–Crippen MR) is 136 cm³/mol. The summed E-state index contributed by atoms with van der Waals surface area (Å²) >= 11 is 0. The number of aliphatic hydroxyl groups excluding tert-OH is 1. The number of nitrogens with zero attached hydrogens (tertiary/aromatic N) is 1. The number of halogens is 2. The maximum absolute atomic E-state index is 16.8. The van der Waals surface area contributed by atoms with Gasteiger partial charge in [0.05, 0.1) is 11.8 Å². The van der Waals surface area contributed by atoms with Crippen LogP contribution in [0.4, 0.5) is 8.78 Å². The van der Waals surface area contributed by atoms with Crippen LogP contribution < -0.4 is 0 Å². The molecule has 2 aliphatic rings. The largest absolute Gasteiger partial charge is 0.388 e. The van der Waals surface area contributed by atoms with Crippen molar-refractivity contribution >= 4 is 10.8 Å². The van der Waals surface area contributed by atoms with Crippen LogP contribution in [0, 0.1) is 5.82 Å². The summed E-state index contributed by atoms with van der Waals surface area (Å²) in [6.45, 7) is 0. The van der Waals surface area contributed by atoms with Gasteiger partial charge in [0.25, 0.3) is 0 Å². The fraction of sp³-hybridized carbons (Fsp3) is 0.323. The second kappa shape index (κ2) is 9.16. The third kappa shape index (κ3) is 4.04. The fourth-order valence-corrected chi connectivity index (χ4v) is 6.07. The lowest BCUT2D eigenvalue weighted by atomic mass is 9.80. The molecule has 1 heterocycles. The van der Waals surface area contributed by atoms with Gasteiger partial charge in [-0.05, 0) is 77.8 Å². The normalized spacial score (nSPS) is 19.1. The monoisotopic (exact) mass is 469 g/mol. The molecule has 1 N–H and O–H groups in total. The Morgan fingerprint density at radius 3 is 2.37 bits per heavy atom. The minimum Gasteiger partial charge on any atom is -0.388 e. The Hall–Kier alpha value is -3.11. The van der Waals surface area contributed by atoms with Gasteiger partial charge in [0.15, 0.2) is 6.17 Å². The molecule has 4 aromatic rings. The van der Waals surface area contributed by atoms with Crippen LogP contribution in [-0.2, 0) is 6.42 Å². The van der Waals surface area contributed by atoms with Gasteiger partial charge in [0.2, 0.25) is 0 Å². The van der Waals surface area contributed by atoms with Crippen molar-refractivity contribution in [1.29, 1.82) is 0 Å². The van der Waals surface area contributed by atoms with Crippen LogP contribution in [0.2, 0.25) is 0 Å². The van der Waals surface area contributed by atoms with Gasteiger partial charge >= 0.3 is 0 Å². The van der Waals surface area contributed by atoms with Crippen LogP contribution in [0.1, 0.15) is 84.8 Å². The third-order valence-electron chi connectivity index (χ3n) is 7.80. The smallest absolute Gasteiger partial charge is 0.153 e. The van der Waals surface area contributed by atoms with Gasteiger partial charge < -0.3 is 5.11 Å². The van der Waals surface area contributed by atoms with E-state index in [1.165, 1.54) is 12.1 Å². The van der Waals surface area contributed by atoms with Crippen molar-refractivity contribution < 1.29 is 13.9 Å². The van der Waals surface area contributed by atoms with E-state index in [2.05, 4.69) is 0 Å². The van der Waals surface area contributed by atoms with Crippen molar-refractivity contribution in [1.82, 2.24) is 4.98 Å². The Morgan fingerprint density at radius 2 is 1.60 bits per heavy atom. The first kappa shape index (κ1) is 22.4. The van der Waals surface area contributed by atoms with Crippen molar-refractivity contribution in [2.75, 3.05) is 0 Å². The average molecular weight is 470 g/mol. The molecule has 0 saturated heterocycles. The van der Waals surface area contributed by atoms with E-state index >= 15 is 4.39 Å². The molecule has 2 nitrogen and oxygen atoms in total. The summed E-state index contributed by atoms with van der Waals surface area (Å²) in [4.78, 5) is 5.08. The quantitative estimate of drug-likeness (QED) is 0.327. The minimum atomic E-state index is -1.40. The van der Waals surface area contributed by atoms with Crippen LogP contribution >= 0.6 is 0 Å². The highest BCUT2D eigenvalue weighted by Gasteiger charge is 2.34. The first-order chi connectivity index (χ1) is 17.1. The number of hydrogen-bond acceptors (Lipinski definition) is 2. The maximum atomic E-state index is 16.8. The molecule has 0 spiro atoms. The summed E-state index contributed by atoms with van der Waals surface area (Å²) in [6.07, 6.45) is 4.37. The zero-order valence-corrected chi connectivity index (χ0v) is 19.7. The van der Waals surface area contributed by atoms with Gasteiger partial charge in [-0.1, -0.05) is 61.4 Å². The lowest BCUT2D eigenvalue weighted by Crippen LogP contribution is -2.19. The number of aliphatic hydroxyl groups is 1. The molecule has 0 bridgehead atoms. The molecule has 35 heavy (non-hydrogen) atoms. The van der Waals surface area contributed by atoms with Crippen LogP contribution in [0.5, 0.6) is 0 Å². The molecule has 0 radical (unpaired) electrons. The standard InChI is InChI=1S/C31H29F2NO/c32-24-16-14-20(15-17-24)27-28-25(10-5-11-26(28)35)34-31(21-7-2-3-8-21)29(27)30(33)23-13-12-19-6-1-4-9-22(19)18-23/h1,4,6,9,12-18,21,26,30,35H,2-3,5,7-8,10-11H2. The second-order valence-electron chi connectivity index (χ2n) is 10.0. The van der Waals surface area contributed by atoms with E-state index in [9.17, 15) is 9.50 Å². The first-order valence-corrected chi connectivity index (χ1v) is 12.7. The summed E-state index contributed by atoms with van der Waals surface area (Å²) in [5.74, 6) is -0.131. The topological polar surface area (TPSA) is 33.1 Å². The number of hydrogen-bond donors (Lipinski definition) is 1. The Kier molecular flexibility index (Phi) is 5.85.